The summed E-state index contributed by atoms with van der Waals surface area (Å²) in [6.07, 6.45) is 7.95. The monoisotopic (exact) mass is 559 g/mol. The van der Waals surface area contributed by atoms with Gasteiger partial charge in [-0.25, -0.2) is 8.78 Å². The molecule has 210 valence electrons. The van der Waals surface area contributed by atoms with Gasteiger partial charge in [0.05, 0.1) is 12.1 Å². The number of hydrogen-bond acceptors (Lipinski definition) is 4. The van der Waals surface area contributed by atoms with Gasteiger partial charge in [0.15, 0.2) is 11.7 Å². The van der Waals surface area contributed by atoms with Crippen LogP contribution in [0.5, 0.6) is 0 Å². The Morgan fingerprint density at radius 2 is 1.90 bits per heavy atom. The highest BCUT2D eigenvalue weighted by molar-refractivity contribution is 6.31. The quantitative estimate of drug-likeness (QED) is 0.400. The fourth-order valence-electron chi connectivity index (χ4n) is 7.11. The van der Waals surface area contributed by atoms with Gasteiger partial charge in [-0.2, -0.15) is 0 Å². The second kappa shape index (κ2) is 10.1. The van der Waals surface area contributed by atoms with Gasteiger partial charge >= 0.3 is 0 Å². The highest BCUT2D eigenvalue weighted by atomic mass is 35.5. The topological polar surface area (TPSA) is 90.5 Å². The van der Waals surface area contributed by atoms with Crippen LogP contribution in [0.15, 0.2) is 54.2 Å². The summed E-state index contributed by atoms with van der Waals surface area (Å²) in [5, 5.41) is 19.9. The van der Waals surface area contributed by atoms with Gasteiger partial charge in [0.2, 0.25) is 11.8 Å². The van der Waals surface area contributed by atoms with Crippen molar-refractivity contribution in [1.29, 1.82) is 0 Å². The Bertz CT molecular complexity index is 1260. The zero-order valence-corrected chi connectivity index (χ0v) is 23.2. The average molecular weight is 560 g/mol. The summed E-state index contributed by atoms with van der Waals surface area (Å²) >= 11 is 6.29. The predicted octanol–water partition coefficient (Wildman–Crippen LogP) is 5.38. The van der Waals surface area contributed by atoms with E-state index in [9.17, 15) is 19.1 Å². The molecule has 2 aliphatic heterocycles. The van der Waals surface area contributed by atoms with E-state index < -0.39 is 34.6 Å². The highest BCUT2D eigenvalue weighted by Gasteiger charge is 2.72. The largest absolute Gasteiger partial charge is 0.393 e. The van der Waals surface area contributed by atoms with Gasteiger partial charge in [-0.05, 0) is 73.8 Å². The number of halogens is 3. The van der Waals surface area contributed by atoms with E-state index in [1.807, 2.05) is 20.8 Å². The molecule has 6 nitrogen and oxygen atoms in total. The molecule has 4 N–H and O–H groups in total. The fourth-order valence-corrected chi connectivity index (χ4v) is 7.28. The molecule has 1 unspecified atom stereocenters. The standard InChI is InChI=1S/C30H36ClF2N3O3/c1-28(2,3)16-24-30(20-12-7-17(31)14-23(20)35-27(30)39)29(13-5-4-6-21(32)22(33)15-29)25(36-24)26(38)34-18-8-10-19(37)11-9-18/h4-7,12,14-15,18-19,24-25,36-37H,8-11,13,16H2,1-3H3,(H,34,38)(H,35,39)/t18?,19?,24-,25+,29?,30-/m1/s1. The van der Waals surface area contributed by atoms with Gasteiger partial charge in [0.1, 0.15) is 5.41 Å². The third-order valence-corrected chi connectivity index (χ3v) is 8.96. The van der Waals surface area contributed by atoms with Crippen molar-refractivity contribution >= 4 is 29.1 Å². The summed E-state index contributed by atoms with van der Waals surface area (Å²) in [5.41, 5.74) is -2.05. The lowest BCUT2D eigenvalue weighted by atomic mass is 9.54. The van der Waals surface area contributed by atoms with Crippen LogP contribution in [-0.4, -0.2) is 41.2 Å². The third-order valence-electron chi connectivity index (χ3n) is 8.72. The second-order valence-corrected chi connectivity index (χ2v) is 13.0. The van der Waals surface area contributed by atoms with Crippen LogP contribution in [0.1, 0.15) is 64.9 Å². The molecule has 9 heteroatoms. The third kappa shape index (κ3) is 4.74. The minimum atomic E-state index is -1.48. The zero-order chi connectivity index (χ0) is 28.2. The number of aliphatic hydroxyl groups is 1. The summed E-state index contributed by atoms with van der Waals surface area (Å²) in [5.74, 6) is -2.91. The minimum absolute atomic E-state index is 0.120. The number of nitrogens with one attached hydrogen (secondary N) is 3. The molecule has 1 saturated heterocycles. The minimum Gasteiger partial charge on any atom is -0.393 e. The van der Waals surface area contributed by atoms with Crippen LogP contribution in [0.3, 0.4) is 0 Å². The number of anilines is 1. The summed E-state index contributed by atoms with van der Waals surface area (Å²) in [7, 11) is 0. The van der Waals surface area contributed by atoms with E-state index in [1.165, 1.54) is 6.08 Å². The Labute approximate surface area is 232 Å². The predicted molar refractivity (Wildman–Crippen MR) is 148 cm³/mol. The lowest BCUT2D eigenvalue weighted by Gasteiger charge is -2.45. The van der Waals surface area contributed by atoms with Crippen LogP contribution in [-0.2, 0) is 15.0 Å². The van der Waals surface area contributed by atoms with Crippen molar-refractivity contribution in [2.24, 2.45) is 10.8 Å². The molecular weight excluding hydrogens is 524 g/mol. The van der Waals surface area contributed by atoms with Crippen LogP contribution in [0.25, 0.3) is 0 Å². The molecule has 5 rings (SSSR count). The first-order valence-electron chi connectivity index (χ1n) is 13.6. The van der Waals surface area contributed by atoms with E-state index in [2.05, 4.69) is 16.0 Å². The first-order chi connectivity index (χ1) is 18.4. The number of fused-ring (bicyclic) bond motifs is 3. The van der Waals surface area contributed by atoms with Crippen LogP contribution >= 0.6 is 11.6 Å². The smallest absolute Gasteiger partial charge is 0.238 e. The SMILES string of the molecule is CC(C)(C)C[C@H]1N[C@@H](C(=O)NC2CCC(O)CC2)C2(C=C(F)C(F)=CC=CC2)[C@@]12C(=O)Nc1cc(Cl)ccc12. The molecule has 0 bridgehead atoms. The number of allylic oxidation sites excluding steroid dienone is 5. The van der Waals surface area contributed by atoms with Crippen molar-refractivity contribution in [2.75, 3.05) is 5.32 Å². The Balaban J connectivity index is 1.72. The van der Waals surface area contributed by atoms with Gasteiger partial charge in [-0.1, -0.05) is 50.6 Å². The van der Waals surface area contributed by atoms with Crippen molar-refractivity contribution in [2.45, 2.75) is 88.9 Å². The molecular formula is C30H36ClF2N3O3. The van der Waals surface area contributed by atoms with E-state index in [4.69, 9.17) is 11.6 Å². The average Bonchev–Trinajstić information content (AvgIpc) is 3.29. The van der Waals surface area contributed by atoms with Crippen molar-refractivity contribution in [1.82, 2.24) is 10.6 Å². The molecule has 2 heterocycles. The van der Waals surface area contributed by atoms with E-state index >= 15 is 4.39 Å². The van der Waals surface area contributed by atoms with Crippen LogP contribution in [0.2, 0.25) is 5.02 Å². The number of carbonyl (C=O) groups excluding carboxylic acids is 2. The lowest BCUT2D eigenvalue weighted by molar-refractivity contribution is -0.128. The molecule has 4 atom stereocenters. The molecule has 39 heavy (non-hydrogen) atoms. The summed E-state index contributed by atoms with van der Waals surface area (Å²) in [4.78, 5) is 28.4. The Kier molecular flexibility index (Phi) is 7.27. The molecule has 0 radical (unpaired) electrons. The molecule has 2 fully saturated rings. The Morgan fingerprint density at radius 3 is 2.59 bits per heavy atom. The molecule has 2 amide bonds. The molecule has 1 aromatic carbocycles. The van der Waals surface area contributed by atoms with Gasteiger partial charge < -0.3 is 21.1 Å². The van der Waals surface area contributed by atoms with Crippen molar-refractivity contribution < 1.29 is 23.5 Å². The van der Waals surface area contributed by atoms with Gasteiger partial charge in [0.25, 0.3) is 0 Å². The zero-order valence-electron chi connectivity index (χ0n) is 22.5. The lowest BCUT2D eigenvalue weighted by Crippen LogP contribution is -2.58. The van der Waals surface area contributed by atoms with Gasteiger partial charge in [-0.15, -0.1) is 0 Å². The van der Waals surface area contributed by atoms with E-state index in [0.717, 1.165) is 12.2 Å². The van der Waals surface area contributed by atoms with Crippen LogP contribution in [0, 0.1) is 10.8 Å². The number of benzene rings is 1. The number of rotatable bonds is 3. The normalized spacial score (nSPS) is 34.3. The first kappa shape index (κ1) is 28.0. The summed E-state index contributed by atoms with van der Waals surface area (Å²) < 4.78 is 30.4. The van der Waals surface area contributed by atoms with E-state index in [0.29, 0.717) is 48.4 Å². The first-order valence-corrected chi connectivity index (χ1v) is 14.0. The van der Waals surface area contributed by atoms with Gasteiger partial charge in [-0.3, -0.25) is 9.59 Å². The molecule has 2 spiro atoms. The van der Waals surface area contributed by atoms with Crippen molar-refractivity contribution in [3.05, 3.63) is 64.7 Å². The second-order valence-electron chi connectivity index (χ2n) is 12.6. The van der Waals surface area contributed by atoms with E-state index in [1.54, 1.807) is 24.3 Å². The maximum absolute atomic E-state index is 15.6. The summed E-state index contributed by atoms with van der Waals surface area (Å²) in [6.45, 7) is 6.13. The highest BCUT2D eigenvalue weighted by Crippen LogP contribution is 2.62. The maximum atomic E-state index is 15.6. The number of hydrogen-bond donors (Lipinski definition) is 4. The van der Waals surface area contributed by atoms with Crippen molar-refractivity contribution in [3.8, 4) is 0 Å². The summed E-state index contributed by atoms with van der Waals surface area (Å²) in [6, 6.07) is 3.33. The molecule has 1 saturated carbocycles. The number of amides is 2. The van der Waals surface area contributed by atoms with Gasteiger partial charge in [0, 0.05) is 28.2 Å². The van der Waals surface area contributed by atoms with Crippen molar-refractivity contribution in [3.63, 3.8) is 0 Å². The molecule has 4 aliphatic rings. The number of aliphatic hydroxyl groups excluding tert-OH is 1. The van der Waals surface area contributed by atoms with Crippen LogP contribution in [0.4, 0.5) is 14.5 Å². The molecule has 0 aromatic heterocycles. The molecule has 1 aromatic rings. The van der Waals surface area contributed by atoms with Crippen LogP contribution < -0.4 is 16.0 Å². The number of carbonyl (C=O) groups is 2. The Hall–Kier alpha value is -2.55. The Morgan fingerprint density at radius 1 is 1.18 bits per heavy atom. The fraction of sp³-hybridized carbons (Fsp3) is 0.533. The van der Waals surface area contributed by atoms with E-state index in [-0.39, 0.29) is 35.8 Å². The molecule has 2 aliphatic carbocycles. The maximum Gasteiger partial charge on any atom is 0.238 e.